The van der Waals surface area contributed by atoms with Crippen LogP contribution in [0.2, 0.25) is 0 Å². The van der Waals surface area contributed by atoms with E-state index in [1.54, 1.807) is 0 Å². The molecule has 3 aromatic rings. The zero-order valence-corrected chi connectivity index (χ0v) is 15.1. The summed E-state index contributed by atoms with van der Waals surface area (Å²) in [6.07, 6.45) is 0. The molecule has 0 amide bonds. The fourth-order valence-electron chi connectivity index (χ4n) is 2.81. The summed E-state index contributed by atoms with van der Waals surface area (Å²) in [4.78, 5) is 0. The molecule has 0 atom stereocenters. The minimum absolute atomic E-state index is 0.660. The third kappa shape index (κ3) is 3.02. The lowest BCUT2D eigenvalue weighted by atomic mass is 10.2. The molecule has 0 bridgehead atoms. The molecule has 122 valence electrons. The van der Waals surface area contributed by atoms with Crippen molar-refractivity contribution in [2.24, 2.45) is 0 Å². The van der Waals surface area contributed by atoms with Crippen molar-refractivity contribution in [3.05, 3.63) is 89.5 Å². The SMILES string of the molecule is Cc1ccccc1OP(=O)(c1ccccc1C)c1ccccc1C. The van der Waals surface area contributed by atoms with Crippen LogP contribution in [0.25, 0.3) is 0 Å². The van der Waals surface area contributed by atoms with Gasteiger partial charge in [0.1, 0.15) is 5.75 Å². The lowest BCUT2D eigenvalue weighted by Crippen LogP contribution is -2.24. The molecule has 3 aromatic carbocycles. The van der Waals surface area contributed by atoms with Gasteiger partial charge in [-0.05, 0) is 55.7 Å². The van der Waals surface area contributed by atoms with Gasteiger partial charge in [0.15, 0.2) is 0 Å². The van der Waals surface area contributed by atoms with Gasteiger partial charge in [-0.25, -0.2) is 0 Å². The van der Waals surface area contributed by atoms with E-state index in [0.29, 0.717) is 5.75 Å². The van der Waals surface area contributed by atoms with Crippen LogP contribution in [0, 0.1) is 20.8 Å². The second-order valence-corrected chi connectivity index (χ2v) is 8.23. The largest absolute Gasteiger partial charge is 0.437 e. The summed E-state index contributed by atoms with van der Waals surface area (Å²) in [5.74, 6) is 0.660. The van der Waals surface area contributed by atoms with Gasteiger partial charge in [-0.1, -0.05) is 54.6 Å². The molecule has 0 unspecified atom stereocenters. The van der Waals surface area contributed by atoms with Crippen molar-refractivity contribution in [1.82, 2.24) is 0 Å². The average molecular weight is 336 g/mol. The molecule has 0 radical (unpaired) electrons. The lowest BCUT2D eigenvalue weighted by Gasteiger charge is -2.24. The molecule has 3 heteroatoms. The highest BCUT2D eigenvalue weighted by atomic mass is 31.2. The summed E-state index contributed by atoms with van der Waals surface area (Å²) in [6, 6.07) is 23.2. The molecule has 0 fully saturated rings. The van der Waals surface area contributed by atoms with E-state index in [9.17, 15) is 4.57 Å². The number of hydrogen-bond acceptors (Lipinski definition) is 2. The number of aryl methyl sites for hydroxylation is 3. The minimum Gasteiger partial charge on any atom is -0.437 e. The van der Waals surface area contributed by atoms with Gasteiger partial charge in [-0.2, -0.15) is 0 Å². The zero-order chi connectivity index (χ0) is 17.2. The Labute approximate surface area is 143 Å². The lowest BCUT2D eigenvalue weighted by molar-refractivity contribution is 0.500. The number of para-hydroxylation sites is 1. The monoisotopic (exact) mass is 336 g/mol. The molecule has 2 nitrogen and oxygen atoms in total. The third-order valence-corrected chi connectivity index (χ3v) is 6.91. The summed E-state index contributed by atoms with van der Waals surface area (Å²) in [7, 11) is -3.25. The van der Waals surface area contributed by atoms with Crippen molar-refractivity contribution in [2.45, 2.75) is 20.8 Å². The highest BCUT2D eigenvalue weighted by molar-refractivity contribution is 7.74. The van der Waals surface area contributed by atoms with Crippen LogP contribution in [0.1, 0.15) is 16.7 Å². The van der Waals surface area contributed by atoms with E-state index in [1.807, 2.05) is 93.6 Å². The van der Waals surface area contributed by atoms with E-state index in [1.165, 1.54) is 0 Å². The van der Waals surface area contributed by atoms with E-state index in [4.69, 9.17) is 4.52 Å². The standard InChI is InChI=1S/C21H21O2P/c1-16-10-4-7-13-19(16)23-24(22,20-14-8-5-11-17(20)2)21-15-9-6-12-18(21)3/h4-15H,1-3H3. The Morgan fingerprint density at radius 1 is 0.625 bits per heavy atom. The Balaban J connectivity index is 2.23. The fourth-order valence-corrected chi connectivity index (χ4v) is 5.39. The van der Waals surface area contributed by atoms with E-state index in [0.717, 1.165) is 27.3 Å². The Hall–Kier alpha value is -2.31. The van der Waals surface area contributed by atoms with Crippen molar-refractivity contribution < 1.29 is 9.09 Å². The Morgan fingerprint density at radius 2 is 1.04 bits per heavy atom. The number of benzene rings is 3. The quantitative estimate of drug-likeness (QED) is 0.632. The maximum atomic E-state index is 14.2. The second-order valence-electron chi connectivity index (χ2n) is 5.98. The summed E-state index contributed by atoms with van der Waals surface area (Å²) >= 11 is 0. The first-order valence-electron chi connectivity index (χ1n) is 8.00. The summed E-state index contributed by atoms with van der Waals surface area (Å²) in [5.41, 5.74) is 2.91. The predicted molar refractivity (Wildman–Crippen MR) is 101 cm³/mol. The van der Waals surface area contributed by atoms with Crippen LogP contribution in [0.15, 0.2) is 72.8 Å². The average Bonchev–Trinajstić information content (AvgIpc) is 2.57. The van der Waals surface area contributed by atoms with Crippen molar-refractivity contribution in [2.75, 3.05) is 0 Å². The molecule has 0 saturated heterocycles. The maximum Gasteiger partial charge on any atom is 0.307 e. The van der Waals surface area contributed by atoms with Crippen LogP contribution in [-0.2, 0) is 4.57 Å². The highest BCUT2D eigenvalue weighted by Gasteiger charge is 2.33. The normalized spacial score (nSPS) is 11.3. The molecule has 3 rings (SSSR count). The van der Waals surface area contributed by atoms with Gasteiger partial charge in [0, 0.05) is 0 Å². The molecule has 24 heavy (non-hydrogen) atoms. The molecule has 0 N–H and O–H groups in total. The molecular weight excluding hydrogens is 315 g/mol. The van der Waals surface area contributed by atoms with Crippen molar-refractivity contribution in [3.8, 4) is 5.75 Å². The van der Waals surface area contributed by atoms with Gasteiger partial charge in [-0.3, -0.25) is 4.57 Å². The maximum absolute atomic E-state index is 14.2. The van der Waals surface area contributed by atoms with E-state index in [-0.39, 0.29) is 0 Å². The zero-order valence-electron chi connectivity index (χ0n) is 14.2. The molecule has 0 aromatic heterocycles. The Bertz CT molecular complexity index is 865. The number of hydrogen-bond donors (Lipinski definition) is 0. The molecule has 0 spiro atoms. The third-order valence-electron chi connectivity index (χ3n) is 4.19. The predicted octanol–water partition coefficient (Wildman–Crippen LogP) is 4.92. The van der Waals surface area contributed by atoms with Gasteiger partial charge < -0.3 is 4.52 Å². The van der Waals surface area contributed by atoms with Gasteiger partial charge in [-0.15, -0.1) is 0 Å². The highest BCUT2D eigenvalue weighted by Crippen LogP contribution is 2.47. The number of rotatable bonds is 4. The van der Waals surface area contributed by atoms with Crippen molar-refractivity contribution >= 4 is 18.0 Å². The van der Waals surface area contributed by atoms with Crippen LogP contribution in [0.4, 0.5) is 0 Å². The van der Waals surface area contributed by atoms with Gasteiger partial charge >= 0.3 is 7.37 Å². The van der Waals surface area contributed by atoms with Gasteiger partial charge in [0.05, 0.1) is 10.6 Å². The van der Waals surface area contributed by atoms with Crippen LogP contribution < -0.4 is 15.1 Å². The first-order chi connectivity index (χ1) is 11.5. The second kappa shape index (κ2) is 6.67. The molecule has 0 heterocycles. The van der Waals surface area contributed by atoms with Crippen LogP contribution >= 0.6 is 7.37 Å². The molecule has 0 aliphatic heterocycles. The molecular formula is C21H21O2P. The summed E-state index contributed by atoms with van der Waals surface area (Å²) < 4.78 is 20.4. The van der Waals surface area contributed by atoms with Gasteiger partial charge in [0.2, 0.25) is 0 Å². The first-order valence-corrected chi connectivity index (χ1v) is 9.62. The molecule has 0 saturated carbocycles. The van der Waals surface area contributed by atoms with E-state index in [2.05, 4.69) is 0 Å². The van der Waals surface area contributed by atoms with Crippen LogP contribution in [0.5, 0.6) is 5.75 Å². The first kappa shape index (κ1) is 16.5. The van der Waals surface area contributed by atoms with Crippen LogP contribution in [-0.4, -0.2) is 0 Å². The van der Waals surface area contributed by atoms with Crippen molar-refractivity contribution in [3.63, 3.8) is 0 Å². The smallest absolute Gasteiger partial charge is 0.307 e. The summed E-state index contributed by atoms with van der Waals surface area (Å²) in [5, 5.41) is 1.50. The van der Waals surface area contributed by atoms with Gasteiger partial charge in [0.25, 0.3) is 0 Å². The molecule has 0 aliphatic rings. The van der Waals surface area contributed by atoms with E-state index >= 15 is 0 Å². The van der Waals surface area contributed by atoms with E-state index < -0.39 is 7.37 Å². The molecule has 0 aliphatic carbocycles. The van der Waals surface area contributed by atoms with Crippen molar-refractivity contribution in [1.29, 1.82) is 0 Å². The Kier molecular flexibility index (Phi) is 4.59. The Morgan fingerprint density at radius 3 is 1.50 bits per heavy atom. The van der Waals surface area contributed by atoms with Crippen LogP contribution in [0.3, 0.4) is 0 Å². The topological polar surface area (TPSA) is 26.3 Å². The minimum atomic E-state index is -3.25. The fraction of sp³-hybridized carbons (Fsp3) is 0.143. The summed E-state index contributed by atoms with van der Waals surface area (Å²) in [6.45, 7) is 5.91.